The average Bonchev–Trinajstić information content (AvgIpc) is 3.47. The fourth-order valence-corrected chi connectivity index (χ4v) is 5.48. The molecule has 1 unspecified atom stereocenters. The number of aryl methyl sites for hydroxylation is 1. The number of ketones is 2. The third-order valence-corrected chi connectivity index (χ3v) is 7.38. The SMILES string of the molecule is C=C.CC.CCCC(=O)CCCCC(CCC)c1nc(C(=O)CCc2ccccc2-c2ccc(F)cc2)cs1.[HH]. The molecule has 0 saturated carbocycles. The Morgan fingerprint density at radius 2 is 1.62 bits per heavy atom. The summed E-state index contributed by atoms with van der Waals surface area (Å²) in [7, 11) is 0. The van der Waals surface area contributed by atoms with Crippen molar-refractivity contribution < 1.29 is 15.4 Å². The van der Waals surface area contributed by atoms with Gasteiger partial charge in [0, 0.05) is 32.0 Å². The number of aromatic nitrogens is 1. The van der Waals surface area contributed by atoms with E-state index < -0.39 is 0 Å². The third kappa shape index (κ3) is 11.8. The molecule has 0 radical (unpaired) electrons. The minimum Gasteiger partial charge on any atom is -0.300 e. The van der Waals surface area contributed by atoms with Crippen molar-refractivity contribution in [3.05, 3.63) is 89.2 Å². The van der Waals surface area contributed by atoms with Crippen molar-refractivity contribution in [1.82, 2.24) is 4.98 Å². The molecule has 2 aromatic carbocycles. The Bertz CT molecular complexity index is 1110. The van der Waals surface area contributed by atoms with Crippen molar-refractivity contribution in [2.75, 3.05) is 0 Å². The van der Waals surface area contributed by atoms with E-state index in [0.29, 0.717) is 43.1 Å². The Morgan fingerprint density at radius 1 is 0.923 bits per heavy atom. The van der Waals surface area contributed by atoms with Gasteiger partial charge >= 0.3 is 0 Å². The molecule has 0 saturated heterocycles. The Hall–Kier alpha value is -2.92. The fraction of sp³-hybridized carbons (Fsp3) is 0.441. The summed E-state index contributed by atoms with van der Waals surface area (Å²) in [4.78, 5) is 29.5. The van der Waals surface area contributed by atoms with E-state index in [2.05, 4.69) is 20.1 Å². The van der Waals surface area contributed by atoms with Crippen LogP contribution < -0.4 is 0 Å². The van der Waals surface area contributed by atoms with Crippen LogP contribution in [0.1, 0.15) is 114 Å². The summed E-state index contributed by atoms with van der Waals surface area (Å²) >= 11 is 1.59. The lowest BCUT2D eigenvalue weighted by molar-refractivity contribution is -0.119. The van der Waals surface area contributed by atoms with E-state index in [1.807, 2.05) is 50.4 Å². The molecule has 0 aliphatic heterocycles. The quantitative estimate of drug-likeness (QED) is 0.107. The molecular formula is C34H48FNO2S. The summed E-state index contributed by atoms with van der Waals surface area (Å²) < 4.78 is 13.3. The second kappa shape index (κ2) is 20.0. The van der Waals surface area contributed by atoms with Gasteiger partial charge in [-0.2, -0.15) is 0 Å². The predicted molar refractivity (Wildman–Crippen MR) is 167 cm³/mol. The van der Waals surface area contributed by atoms with E-state index in [1.54, 1.807) is 23.5 Å². The second-order valence-corrected chi connectivity index (χ2v) is 10.1. The monoisotopic (exact) mass is 553 g/mol. The second-order valence-electron chi connectivity index (χ2n) is 9.18. The van der Waals surface area contributed by atoms with Gasteiger partial charge in [-0.25, -0.2) is 9.37 Å². The van der Waals surface area contributed by atoms with Crippen LogP contribution in [-0.2, 0) is 11.2 Å². The number of carbonyl (C=O) groups is 2. The summed E-state index contributed by atoms with van der Waals surface area (Å²) in [5, 5.41) is 2.94. The Labute approximate surface area is 241 Å². The smallest absolute Gasteiger partial charge is 0.182 e. The van der Waals surface area contributed by atoms with Gasteiger partial charge in [0.1, 0.15) is 17.3 Å². The van der Waals surface area contributed by atoms with E-state index in [9.17, 15) is 14.0 Å². The van der Waals surface area contributed by atoms with Gasteiger partial charge in [0.05, 0.1) is 5.01 Å². The first-order valence-electron chi connectivity index (χ1n) is 14.4. The lowest BCUT2D eigenvalue weighted by atomic mass is 9.95. The maximum atomic E-state index is 13.3. The van der Waals surface area contributed by atoms with Gasteiger partial charge in [0.15, 0.2) is 5.78 Å². The number of benzene rings is 2. The first kappa shape index (κ1) is 34.1. The molecule has 0 spiro atoms. The molecule has 0 aliphatic rings. The van der Waals surface area contributed by atoms with E-state index in [1.165, 1.54) is 12.1 Å². The minimum absolute atomic E-state index is 0. The zero-order chi connectivity index (χ0) is 29.0. The number of Topliss-reactive ketones (excluding diaryl/α,β-unsaturated/α-hetero) is 2. The van der Waals surface area contributed by atoms with Gasteiger partial charge in [0.25, 0.3) is 0 Å². The summed E-state index contributed by atoms with van der Waals surface area (Å²) in [6.07, 6.45) is 8.37. The molecular weight excluding hydrogens is 505 g/mol. The molecule has 0 fully saturated rings. The number of unbranched alkanes of at least 4 members (excludes halogenated alkanes) is 1. The van der Waals surface area contributed by atoms with Crippen molar-refractivity contribution in [3.63, 3.8) is 0 Å². The average molecular weight is 554 g/mol. The van der Waals surface area contributed by atoms with Crippen LogP contribution in [0.2, 0.25) is 0 Å². The molecule has 1 heterocycles. The highest BCUT2D eigenvalue weighted by Gasteiger charge is 2.18. The topological polar surface area (TPSA) is 47.0 Å². The normalized spacial score (nSPS) is 11.0. The first-order valence-corrected chi connectivity index (χ1v) is 15.2. The van der Waals surface area contributed by atoms with Crippen LogP contribution >= 0.6 is 11.3 Å². The molecule has 0 aliphatic carbocycles. The van der Waals surface area contributed by atoms with E-state index in [-0.39, 0.29) is 13.0 Å². The molecule has 1 aromatic heterocycles. The van der Waals surface area contributed by atoms with Crippen LogP contribution in [0, 0.1) is 5.82 Å². The van der Waals surface area contributed by atoms with Gasteiger partial charge < -0.3 is 0 Å². The van der Waals surface area contributed by atoms with Crippen LogP contribution in [0.15, 0.2) is 67.1 Å². The van der Waals surface area contributed by atoms with E-state index in [4.69, 9.17) is 4.98 Å². The molecule has 3 rings (SSSR count). The van der Waals surface area contributed by atoms with E-state index in [0.717, 1.165) is 60.2 Å². The van der Waals surface area contributed by atoms with Crippen molar-refractivity contribution in [1.29, 1.82) is 0 Å². The molecule has 214 valence electrons. The fourth-order valence-electron chi connectivity index (χ4n) is 4.49. The highest BCUT2D eigenvalue weighted by Crippen LogP contribution is 2.31. The van der Waals surface area contributed by atoms with Crippen LogP contribution in [-0.4, -0.2) is 16.6 Å². The molecule has 0 amide bonds. The Balaban J connectivity index is 0.00000291. The van der Waals surface area contributed by atoms with Gasteiger partial charge in [-0.15, -0.1) is 24.5 Å². The lowest BCUT2D eigenvalue weighted by Crippen LogP contribution is -2.05. The highest BCUT2D eigenvalue weighted by molar-refractivity contribution is 7.09. The van der Waals surface area contributed by atoms with Crippen LogP contribution in [0.25, 0.3) is 11.1 Å². The predicted octanol–water partition coefficient (Wildman–Crippen LogP) is 10.7. The van der Waals surface area contributed by atoms with Crippen molar-refractivity contribution >= 4 is 22.9 Å². The zero-order valence-corrected chi connectivity index (χ0v) is 25.1. The lowest BCUT2D eigenvalue weighted by Gasteiger charge is -2.13. The van der Waals surface area contributed by atoms with Gasteiger partial charge in [-0.3, -0.25) is 9.59 Å². The number of nitrogens with zero attached hydrogens (tertiary/aromatic N) is 1. The number of rotatable bonds is 15. The zero-order valence-electron chi connectivity index (χ0n) is 24.3. The summed E-state index contributed by atoms with van der Waals surface area (Å²) in [5.74, 6) is 0.517. The standard InChI is InChI=1S/C30H36FNO2S.C2H6.C2H4.H2/c1-3-9-24(12-5-7-13-26(33)10-4-2)30-32-28(21-35-30)29(34)20-17-22-11-6-8-14-27(22)23-15-18-25(31)19-16-23;2*1-2;/h6,8,11,14-16,18-19,21,24H,3-5,7,9-10,12-13,17,20H2,1-2H3;1-2H3;1-2H2;1H. The van der Waals surface area contributed by atoms with Gasteiger partial charge in [-0.1, -0.05) is 76.9 Å². The number of thiazole rings is 1. The maximum absolute atomic E-state index is 13.3. The van der Waals surface area contributed by atoms with Crippen molar-refractivity contribution in [2.24, 2.45) is 0 Å². The van der Waals surface area contributed by atoms with E-state index >= 15 is 0 Å². The molecule has 5 heteroatoms. The van der Waals surface area contributed by atoms with Gasteiger partial charge in [-0.05, 0) is 60.9 Å². The maximum Gasteiger partial charge on any atom is 0.182 e. The molecule has 39 heavy (non-hydrogen) atoms. The number of hydrogen-bond acceptors (Lipinski definition) is 4. The largest absolute Gasteiger partial charge is 0.300 e. The molecule has 1 atom stereocenters. The van der Waals surface area contributed by atoms with Crippen LogP contribution in [0.4, 0.5) is 4.39 Å². The van der Waals surface area contributed by atoms with Gasteiger partial charge in [0.2, 0.25) is 0 Å². The van der Waals surface area contributed by atoms with Crippen molar-refractivity contribution in [2.45, 2.75) is 97.8 Å². The highest BCUT2D eigenvalue weighted by atomic mass is 32.1. The first-order chi connectivity index (χ1) is 19.0. The molecule has 0 bridgehead atoms. The van der Waals surface area contributed by atoms with Crippen molar-refractivity contribution in [3.8, 4) is 11.1 Å². The third-order valence-electron chi connectivity index (χ3n) is 6.38. The number of hydrogen-bond donors (Lipinski definition) is 0. The summed E-state index contributed by atoms with van der Waals surface area (Å²) in [5.41, 5.74) is 3.61. The number of carbonyl (C=O) groups excluding carboxylic acids is 2. The Morgan fingerprint density at radius 3 is 2.28 bits per heavy atom. The molecule has 3 aromatic rings. The molecule has 0 N–H and O–H groups in total. The van der Waals surface area contributed by atoms with Crippen LogP contribution in [0.5, 0.6) is 0 Å². The summed E-state index contributed by atoms with van der Waals surface area (Å²) in [6, 6.07) is 14.4. The van der Waals surface area contributed by atoms with Crippen LogP contribution in [0.3, 0.4) is 0 Å². The Kier molecular flexibility index (Phi) is 17.5. The molecule has 3 nitrogen and oxygen atoms in total. The minimum atomic E-state index is -0.257. The number of halogens is 1. The summed E-state index contributed by atoms with van der Waals surface area (Å²) in [6.45, 7) is 14.2.